The van der Waals surface area contributed by atoms with E-state index in [4.69, 9.17) is 0 Å². The second-order valence-electron chi connectivity index (χ2n) is 5.07. The smallest absolute Gasteiger partial charge is 0.274 e. The van der Waals surface area contributed by atoms with Crippen molar-refractivity contribution in [1.82, 2.24) is 9.55 Å². The van der Waals surface area contributed by atoms with Gasteiger partial charge in [-0.1, -0.05) is 0 Å². The summed E-state index contributed by atoms with van der Waals surface area (Å²) in [6.07, 6.45) is 3.61. The maximum atomic E-state index is 13.6. The van der Waals surface area contributed by atoms with Crippen LogP contribution in [-0.4, -0.2) is 9.55 Å². The summed E-state index contributed by atoms with van der Waals surface area (Å²) in [7, 11) is 1.70. The molecule has 0 radical (unpaired) electrons. The van der Waals surface area contributed by atoms with Crippen molar-refractivity contribution in [2.75, 3.05) is 5.32 Å². The Bertz CT molecular complexity index is 907. The summed E-state index contributed by atoms with van der Waals surface area (Å²) in [6, 6.07) is 4.67. The second kappa shape index (κ2) is 3.72. The molecule has 3 heterocycles. The number of halogens is 1. The largest absolute Gasteiger partial charge is 0.380 e. The van der Waals surface area contributed by atoms with E-state index in [2.05, 4.69) is 10.3 Å². The van der Waals surface area contributed by atoms with Gasteiger partial charge in [-0.25, -0.2) is 4.39 Å². The fraction of sp³-hybridized carbons (Fsp3) is 0.133. The lowest BCUT2D eigenvalue weighted by atomic mass is 10.0. The zero-order valence-corrected chi connectivity index (χ0v) is 10.8. The minimum atomic E-state index is -0.286. The molecule has 0 saturated carbocycles. The average molecular weight is 269 g/mol. The number of aromatic nitrogens is 2. The van der Waals surface area contributed by atoms with Gasteiger partial charge in [0.1, 0.15) is 11.3 Å². The zero-order chi connectivity index (χ0) is 13.9. The lowest BCUT2D eigenvalue weighted by Gasteiger charge is -2.10. The molecule has 4 nitrogen and oxygen atoms in total. The maximum absolute atomic E-state index is 13.6. The number of fused-ring (bicyclic) bond motifs is 2. The molecule has 0 fully saturated rings. The summed E-state index contributed by atoms with van der Waals surface area (Å²) in [6.45, 7) is 0.610. The lowest BCUT2D eigenvalue weighted by Crippen LogP contribution is -2.16. The first-order valence-corrected chi connectivity index (χ1v) is 6.38. The molecule has 0 saturated heterocycles. The number of hydrogen-bond acceptors (Lipinski definition) is 2. The monoisotopic (exact) mass is 269 g/mol. The normalized spacial score (nSPS) is 12.9. The number of anilines is 1. The molecule has 0 atom stereocenters. The van der Waals surface area contributed by atoms with Gasteiger partial charge in [0.25, 0.3) is 5.56 Å². The molecule has 0 amide bonds. The summed E-state index contributed by atoms with van der Waals surface area (Å²) in [4.78, 5) is 15.2. The van der Waals surface area contributed by atoms with E-state index in [9.17, 15) is 9.18 Å². The zero-order valence-electron chi connectivity index (χ0n) is 10.8. The summed E-state index contributed by atoms with van der Waals surface area (Å²) in [5.41, 5.74) is 4.04. The Morgan fingerprint density at radius 1 is 1.30 bits per heavy atom. The van der Waals surface area contributed by atoms with Gasteiger partial charge in [0.05, 0.1) is 0 Å². The number of benzene rings is 1. The van der Waals surface area contributed by atoms with E-state index in [-0.39, 0.29) is 11.4 Å². The molecule has 0 spiro atoms. The predicted molar refractivity (Wildman–Crippen MR) is 76.3 cm³/mol. The second-order valence-corrected chi connectivity index (χ2v) is 5.07. The van der Waals surface area contributed by atoms with Crippen molar-refractivity contribution in [3.8, 4) is 11.1 Å². The number of aromatic amines is 1. The van der Waals surface area contributed by atoms with Gasteiger partial charge >= 0.3 is 0 Å². The highest BCUT2D eigenvalue weighted by molar-refractivity contribution is 6.01. The molecule has 4 rings (SSSR count). The third-order valence-electron chi connectivity index (χ3n) is 3.83. The van der Waals surface area contributed by atoms with Crippen molar-refractivity contribution in [3.63, 3.8) is 0 Å². The summed E-state index contributed by atoms with van der Waals surface area (Å²) in [5.74, 6) is -0.286. The van der Waals surface area contributed by atoms with Gasteiger partial charge in [-0.2, -0.15) is 0 Å². The van der Waals surface area contributed by atoms with Crippen LogP contribution in [0.3, 0.4) is 0 Å². The molecule has 1 aliphatic heterocycles. The van der Waals surface area contributed by atoms with E-state index < -0.39 is 0 Å². The number of pyridine rings is 1. The van der Waals surface area contributed by atoms with Crippen molar-refractivity contribution in [2.24, 2.45) is 7.05 Å². The SMILES string of the molecule is Cn1cc2c3c(c[nH]c3c1=O)CNc1ccc(F)cc1-2. The predicted octanol–water partition coefficient (Wildman–Crippen LogP) is 2.60. The minimum Gasteiger partial charge on any atom is -0.380 e. The van der Waals surface area contributed by atoms with E-state index in [1.54, 1.807) is 19.3 Å². The first kappa shape index (κ1) is 11.3. The van der Waals surface area contributed by atoms with E-state index in [0.29, 0.717) is 12.1 Å². The van der Waals surface area contributed by atoms with Crippen molar-refractivity contribution < 1.29 is 4.39 Å². The molecule has 100 valence electrons. The van der Waals surface area contributed by atoms with Crippen LogP contribution in [0.4, 0.5) is 10.1 Å². The van der Waals surface area contributed by atoms with E-state index >= 15 is 0 Å². The number of hydrogen-bond donors (Lipinski definition) is 2. The van der Waals surface area contributed by atoms with Crippen LogP contribution in [0.2, 0.25) is 0 Å². The van der Waals surface area contributed by atoms with Gasteiger partial charge in [-0.05, 0) is 23.8 Å². The molecule has 3 aromatic rings. The molecule has 5 heteroatoms. The van der Waals surface area contributed by atoms with Gasteiger partial charge in [0.15, 0.2) is 0 Å². The van der Waals surface area contributed by atoms with Crippen LogP contribution in [0.25, 0.3) is 22.0 Å². The highest BCUT2D eigenvalue weighted by atomic mass is 19.1. The Labute approximate surface area is 113 Å². The highest BCUT2D eigenvalue weighted by Gasteiger charge is 2.20. The minimum absolute atomic E-state index is 0.0742. The Balaban J connectivity index is 2.21. The topological polar surface area (TPSA) is 49.8 Å². The van der Waals surface area contributed by atoms with E-state index in [0.717, 1.165) is 27.8 Å². The first-order valence-electron chi connectivity index (χ1n) is 6.38. The van der Waals surface area contributed by atoms with Crippen LogP contribution in [-0.2, 0) is 13.6 Å². The first-order chi connectivity index (χ1) is 9.65. The van der Waals surface area contributed by atoms with Crippen molar-refractivity contribution >= 4 is 16.6 Å². The number of aryl methyl sites for hydroxylation is 1. The van der Waals surface area contributed by atoms with Gasteiger partial charge in [-0.3, -0.25) is 4.79 Å². The van der Waals surface area contributed by atoms with E-state index in [1.165, 1.54) is 16.7 Å². The average Bonchev–Trinajstić information content (AvgIpc) is 2.79. The molecular weight excluding hydrogens is 257 g/mol. The maximum Gasteiger partial charge on any atom is 0.274 e. The van der Waals surface area contributed by atoms with Gasteiger partial charge in [0, 0.05) is 48.2 Å². The third kappa shape index (κ3) is 1.37. The van der Waals surface area contributed by atoms with Gasteiger partial charge in [-0.15, -0.1) is 0 Å². The fourth-order valence-electron chi connectivity index (χ4n) is 2.86. The molecule has 20 heavy (non-hydrogen) atoms. The standard InChI is InChI=1S/C15H12FN3O/c1-19-7-11-10-4-9(16)2-3-12(10)17-5-8-6-18-14(13(8)11)15(19)20/h2-4,6-7,17-18H,5H2,1H3. The quantitative estimate of drug-likeness (QED) is 0.659. The number of nitrogens with one attached hydrogen (secondary N) is 2. The van der Waals surface area contributed by atoms with Crippen LogP contribution in [0, 0.1) is 5.82 Å². The van der Waals surface area contributed by atoms with Crippen molar-refractivity contribution in [1.29, 1.82) is 0 Å². The summed E-state index contributed by atoms with van der Waals surface area (Å²) in [5, 5.41) is 4.17. The molecule has 2 N–H and O–H groups in total. The molecule has 2 aromatic heterocycles. The Kier molecular flexibility index (Phi) is 2.10. The van der Waals surface area contributed by atoms with Crippen LogP contribution in [0.15, 0.2) is 35.4 Å². The molecule has 1 aliphatic rings. The summed E-state index contributed by atoms with van der Waals surface area (Å²) < 4.78 is 15.1. The molecule has 0 bridgehead atoms. The Morgan fingerprint density at radius 3 is 3.00 bits per heavy atom. The van der Waals surface area contributed by atoms with Crippen LogP contribution in [0.5, 0.6) is 0 Å². The lowest BCUT2D eigenvalue weighted by molar-refractivity contribution is 0.628. The van der Waals surface area contributed by atoms with Crippen LogP contribution in [0.1, 0.15) is 5.56 Å². The molecule has 1 aromatic carbocycles. The molecule has 0 unspecified atom stereocenters. The van der Waals surface area contributed by atoms with Gasteiger partial charge in [0.2, 0.25) is 0 Å². The van der Waals surface area contributed by atoms with Gasteiger partial charge < -0.3 is 14.9 Å². The van der Waals surface area contributed by atoms with E-state index in [1.807, 2.05) is 6.20 Å². The van der Waals surface area contributed by atoms with Crippen molar-refractivity contribution in [3.05, 3.63) is 52.3 Å². The highest BCUT2D eigenvalue weighted by Crippen LogP contribution is 2.37. The van der Waals surface area contributed by atoms with Crippen LogP contribution < -0.4 is 10.9 Å². The van der Waals surface area contributed by atoms with Crippen molar-refractivity contribution in [2.45, 2.75) is 6.54 Å². The molecule has 0 aliphatic carbocycles. The number of rotatable bonds is 0. The fourth-order valence-corrected chi connectivity index (χ4v) is 2.86. The summed E-state index contributed by atoms with van der Waals surface area (Å²) >= 11 is 0. The number of H-pyrrole nitrogens is 1. The molecular formula is C15H12FN3O. The number of nitrogens with zero attached hydrogens (tertiary/aromatic N) is 1. The van der Waals surface area contributed by atoms with Crippen LogP contribution >= 0.6 is 0 Å². The Hall–Kier alpha value is -2.56. The third-order valence-corrected chi connectivity index (χ3v) is 3.83. The Morgan fingerprint density at radius 2 is 2.15 bits per heavy atom.